The zero-order chi connectivity index (χ0) is 10.4. The first-order valence-electron chi connectivity index (χ1n) is 4.57. The maximum Gasteiger partial charge on any atom is 0.0963 e. The van der Waals surface area contributed by atoms with E-state index in [9.17, 15) is 0 Å². The van der Waals surface area contributed by atoms with E-state index in [0.717, 1.165) is 22.9 Å². The molecule has 3 nitrogen and oxygen atoms in total. The lowest BCUT2D eigenvalue weighted by Gasteiger charge is -2.06. The minimum absolute atomic E-state index is 0.0692. The molecule has 1 atom stereocenters. The standard InChI is InChI=1S/C10H16N2OS/c1-8(11)9-3-4-12-10(7-9)14-6-5-13-2/h3-4,7-8H,5-6,11H2,1-2H3/t8-/m0/s1. The van der Waals surface area contributed by atoms with E-state index in [1.54, 1.807) is 25.1 Å². The average molecular weight is 212 g/mol. The van der Waals surface area contributed by atoms with Crippen molar-refractivity contribution in [1.82, 2.24) is 4.98 Å². The van der Waals surface area contributed by atoms with Crippen LogP contribution in [0.5, 0.6) is 0 Å². The summed E-state index contributed by atoms with van der Waals surface area (Å²) in [6, 6.07) is 4.05. The number of methoxy groups -OCH3 is 1. The molecule has 0 aromatic carbocycles. The summed E-state index contributed by atoms with van der Waals surface area (Å²) in [7, 11) is 1.70. The maximum absolute atomic E-state index is 5.78. The van der Waals surface area contributed by atoms with Gasteiger partial charge in [-0.15, -0.1) is 11.8 Å². The average Bonchev–Trinajstić information content (AvgIpc) is 2.19. The molecule has 2 N–H and O–H groups in total. The highest BCUT2D eigenvalue weighted by Gasteiger charge is 2.01. The molecule has 0 saturated heterocycles. The first-order valence-corrected chi connectivity index (χ1v) is 5.56. The van der Waals surface area contributed by atoms with Gasteiger partial charge in [0.1, 0.15) is 0 Å². The highest BCUT2D eigenvalue weighted by molar-refractivity contribution is 7.99. The lowest BCUT2D eigenvalue weighted by atomic mass is 10.1. The Morgan fingerprint density at radius 3 is 3.07 bits per heavy atom. The summed E-state index contributed by atoms with van der Waals surface area (Å²) in [5, 5.41) is 1.01. The molecular formula is C10H16N2OS. The van der Waals surface area contributed by atoms with Crippen LogP contribution in [0.3, 0.4) is 0 Å². The molecule has 1 heterocycles. The van der Waals surface area contributed by atoms with Crippen LogP contribution in [0.15, 0.2) is 23.4 Å². The Morgan fingerprint density at radius 2 is 2.43 bits per heavy atom. The lowest BCUT2D eigenvalue weighted by molar-refractivity contribution is 0.218. The molecule has 0 saturated carbocycles. The number of hydrogen-bond acceptors (Lipinski definition) is 4. The first-order chi connectivity index (χ1) is 6.74. The van der Waals surface area contributed by atoms with Gasteiger partial charge in [-0.05, 0) is 24.6 Å². The van der Waals surface area contributed by atoms with Crippen LogP contribution in [0, 0.1) is 0 Å². The van der Waals surface area contributed by atoms with E-state index in [2.05, 4.69) is 4.98 Å². The van der Waals surface area contributed by atoms with Crippen LogP contribution in [0.4, 0.5) is 0 Å². The fourth-order valence-electron chi connectivity index (χ4n) is 1.02. The predicted octanol–water partition coefficient (Wildman–Crippen LogP) is 1.84. The number of hydrogen-bond donors (Lipinski definition) is 1. The minimum atomic E-state index is 0.0692. The summed E-state index contributed by atoms with van der Waals surface area (Å²) in [5.74, 6) is 0.923. The van der Waals surface area contributed by atoms with E-state index in [0.29, 0.717) is 0 Å². The number of ether oxygens (including phenoxy) is 1. The number of rotatable bonds is 5. The van der Waals surface area contributed by atoms with Crippen molar-refractivity contribution < 1.29 is 4.74 Å². The molecule has 1 rings (SSSR count). The van der Waals surface area contributed by atoms with Gasteiger partial charge in [-0.25, -0.2) is 4.98 Å². The van der Waals surface area contributed by atoms with Gasteiger partial charge in [-0.2, -0.15) is 0 Å². The highest BCUT2D eigenvalue weighted by Crippen LogP contribution is 2.18. The molecule has 14 heavy (non-hydrogen) atoms. The Balaban J connectivity index is 2.55. The molecule has 0 aliphatic rings. The molecule has 0 bridgehead atoms. The second kappa shape index (κ2) is 6.01. The Bertz CT molecular complexity index is 279. The maximum atomic E-state index is 5.78. The second-order valence-electron chi connectivity index (χ2n) is 3.06. The molecule has 0 unspecified atom stereocenters. The van der Waals surface area contributed by atoms with Crippen LogP contribution in [0.1, 0.15) is 18.5 Å². The smallest absolute Gasteiger partial charge is 0.0963 e. The van der Waals surface area contributed by atoms with Crippen LogP contribution in [0.25, 0.3) is 0 Å². The number of aromatic nitrogens is 1. The van der Waals surface area contributed by atoms with Crippen molar-refractivity contribution >= 4 is 11.8 Å². The Hall–Kier alpha value is -0.580. The molecule has 0 aliphatic carbocycles. The van der Waals surface area contributed by atoms with E-state index in [-0.39, 0.29) is 6.04 Å². The topological polar surface area (TPSA) is 48.1 Å². The largest absolute Gasteiger partial charge is 0.384 e. The summed E-state index contributed by atoms with van der Waals surface area (Å²) < 4.78 is 4.97. The SMILES string of the molecule is COCCSc1cc([C@H](C)N)ccn1. The molecule has 4 heteroatoms. The van der Waals surface area contributed by atoms with E-state index in [1.807, 2.05) is 19.1 Å². The number of pyridine rings is 1. The van der Waals surface area contributed by atoms with Crippen molar-refractivity contribution in [1.29, 1.82) is 0 Å². The zero-order valence-corrected chi connectivity index (χ0v) is 9.38. The first kappa shape index (κ1) is 11.5. The number of nitrogens with two attached hydrogens (primary N) is 1. The molecule has 0 spiro atoms. The molecule has 78 valence electrons. The van der Waals surface area contributed by atoms with Crippen LogP contribution in [0.2, 0.25) is 0 Å². The van der Waals surface area contributed by atoms with Crippen molar-refractivity contribution in [2.45, 2.75) is 18.0 Å². The van der Waals surface area contributed by atoms with Crippen LogP contribution in [-0.2, 0) is 4.74 Å². The van der Waals surface area contributed by atoms with Gasteiger partial charge in [-0.1, -0.05) is 0 Å². The van der Waals surface area contributed by atoms with E-state index in [4.69, 9.17) is 10.5 Å². The minimum Gasteiger partial charge on any atom is -0.384 e. The van der Waals surface area contributed by atoms with Gasteiger partial charge in [0.05, 0.1) is 11.6 Å². The number of thioether (sulfide) groups is 1. The molecule has 1 aromatic rings. The zero-order valence-electron chi connectivity index (χ0n) is 8.56. The van der Waals surface area contributed by atoms with E-state index in [1.165, 1.54) is 0 Å². The van der Waals surface area contributed by atoms with Crippen molar-refractivity contribution in [3.63, 3.8) is 0 Å². The van der Waals surface area contributed by atoms with E-state index >= 15 is 0 Å². The van der Waals surface area contributed by atoms with Gasteiger partial charge >= 0.3 is 0 Å². The molecule has 0 radical (unpaired) electrons. The molecule has 0 amide bonds. The van der Waals surface area contributed by atoms with Gasteiger partial charge < -0.3 is 10.5 Å². The van der Waals surface area contributed by atoms with Gasteiger partial charge in [-0.3, -0.25) is 0 Å². The molecule has 0 fully saturated rings. The predicted molar refractivity (Wildman–Crippen MR) is 59.4 cm³/mol. The molecular weight excluding hydrogens is 196 g/mol. The van der Waals surface area contributed by atoms with Gasteiger partial charge in [0, 0.05) is 25.1 Å². The van der Waals surface area contributed by atoms with Gasteiger partial charge in [0.25, 0.3) is 0 Å². The summed E-state index contributed by atoms with van der Waals surface area (Å²) in [6.45, 7) is 2.72. The Kier molecular flexibility index (Phi) is 4.93. The lowest BCUT2D eigenvalue weighted by Crippen LogP contribution is -2.05. The van der Waals surface area contributed by atoms with Crippen LogP contribution in [-0.4, -0.2) is 24.5 Å². The van der Waals surface area contributed by atoms with Crippen molar-refractivity contribution in [3.05, 3.63) is 23.9 Å². The van der Waals surface area contributed by atoms with Crippen molar-refractivity contribution in [2.24, 2.45) is 5.73 Å². The Labute approximate surface area is 89.1 Å². The Morgan fingerprint density at radius 1 is 1.64 bits per heavy atom. The fraction of sp³-hybridized carbons (Fsp3) is 0.500. The third-order valence-corrected chi connectivity index (χ3v) is 2.71. The molecule has 0 aliphatic heterocycles. The van der Waals surface area contributed by atoms with Gasteiger partial charge in [0.15, 0.2) is 0 Å². The third kappa shape index (κ3) is 3.65. The van der Waals surface area contributed by atoms with Crippen LogP contribution >= 0.6 is 11.8 Å². The third-order valence-electron chi connectivity index (χ3n) is 1.82. The monoisotopic (exact) mass is 212 g/mol. The normalized spacial score (nSPS) is 12.8. The van der Waals surface area contributed by atoms with Gasteiger partial charge in [0.2, 0.25) is 0 Å². The summed E-state index contributed by atoms with van der Waals surface area (Å²) in [6.07, 6.45) is 1.80. The second-order valence-corrected chi connectivity index (χ2v) is 4.17. The summed E-state index contributed by atoms with van der Waals surface area (Å²) in [4.78, 5) is 4.25. The summed E-state index contributed by atoms with van der Waals surface area (Å²) in [5.41, 5.74) is 6.90. The van der Waals surface area contributed by atoms with E-state index < -0.39 is 0 Å². The van der Waals surface area contributed by atoms with Crippen molar-refractivity contribution in [3.8, 4) is 0 Å². The number of nitrogens with zero attached hydrogens (tertiary/aromatic N) is 1. The fourth-order valence-corrected chi connectivity index (χ4v) is 1.83. The highest BCUT2D eigenvalue weighted by atomic mass is 32.2. The quantitative estimate of drug-likeness (QED) is 0.597. The summed E-state index contributed by atoms with van der Waals surface area (Å²) >= 11 is 1.68. The van der Waals surface area contributed by atoms with Crippen molar-refractivity contribution in [2.75, 3.05) is 19.5 Å². The molecule has 1 aromatic heterocycles. The van der Waals surface area contributed by atoms with Crippen LogP contribution < -0.4 is 5.73 Å².